The molecule has 1 aromatic rings. The predicted molar refractivity (Wildman–Crippen MR) is 70.1 cm³/mol. The highest BCUT2D eigenvalue weighted by Crippen LogP contribution is 2.19. The van der Waals surface area contributed by atoms with Crippen LogP contribution < -0.4 is 15.4 Å². The van der Waals surface area contributed by atoms with E-state index in [1.807, 2.05) is 0 Å². The van der Waals surface area contributed by atoms with Crippen molar-refractivity contribution in [3.63, 3.8) is 0 Å². The van der Waals surface area contributed by atoms with Crippen molar-refractivity contribution in [3.8, 4) is 6.01 Å². The minimum Gasteiger partial charge on any atom is -0.464 e. The molecular formula is C11H17F3N6O. The molecule has 0 spiro atoms. The second-order valence-corrected chi connectivity index (χ2v) is 4.59. The van der Waals surface area contributed by atoms with Gasteiger partial charge in [0.05, 0.1) is 13.2 Å². The van der Waals surface area contributed by atoms with E-state index in [1.165, 1.54) is 4.90 Å². The highest BCUT2D eigenvalue weighted by molar-refractivity contribution is 5.36. The fourth-order valence-corrected chi connectivity index (χ4v) is 2.06. The number of alkyl halides is 3. The molecule has 1 fully saturated rings. The maximum absolute atomic E-state index is 12.3. The van der Waals surface area contributed by atoms with E-state index in [0.29, 0.717) is 25.6 Å². The fourth-order valence-electron chi connectivity index (χ4n) is 2.06. The van der Waals surface area contributed by atoms with Crippen LogP contribution in [-0.4, -0.2) is 65.4 Å². The standard InChI is InChI=1S/C11H17F3N6O/c1-2-21-10-17-8(15)16-9(18-10)20-5-3-19(4-6-20)7-11(12,13)14/h2-7H2,1H3,(H2,15,16,17,18). The molecule has 1 aliphatic heterocycles. The first-order valence-electron chi connectivity index (χ1n) is 6.56. The molecule has 0 bridgehead atoms. The zero-order valence-corrected chi connectivity index (χ0v) is 11.6. The number of rotatable bonds is 4. The highest BCUT2D eigenvalue weighted by Gasteiger charge is 2.32. The first-order valence-corrected chi connectivity index (χ1v) is 6.56. The Morgan fingerprint density at radius 2 is 1.81 bits per heavy atom. The normalized spacial score (nSPS) is 17.0. The Morgan fingerprint density at radius 1 is 1.14 bits per heavy atom. The van der Waals surface area contributed by atoms with E-state index in [-0.39, 0.29) is 25.0 Å². The summed E-state index contributed by atoms with van der Waals surface area (Å²) in [4.78, 5) is 15.1. The molecule has 2 N–H and O–H groups in total. The molecular weight excluding hydrogens is 289 g/mol. The summed E-state index contributed by atoms with van der Waals surface area (Å²) in [6.45, 7) is 2.64. The van der Waals surface area contributed by atoms with Gasteiger partial charge in [0.25, 0.3) is 0 Å². The first-order chi connectivity index (χ1) is 9.87. The fraction of sp³-hybridized carbons (Fsp3) is 0.727. The van der Waals surface area contributed by atoms with Crippen molar-refractivity contribution in [1.29, 1.82) is 0 Å². The molecule has 0 radical (unpaired) electrons. The van der Waals surface area contributed by atoms with Crippen molar-refractivity contribution >= 4 is 11.9 Å². The lowest BCUT2D eigenvalue weighted by atomic mass is 10.3. The van der Waals surface area contributed by atoms with Crippen LogP contribution in [0.3, 0.4) is 0 Å². The van der Waals surface area contributed by atoms with Gasteiger partial charge in [-0.2, -0.15) is 28.1 Å². The van der Waals surface area contributed by atoms with Crippen LogP contribution in [0.15, 0.2) is 0 Å². The molecule has 7 nitrogen and oxygen atoms in total. The Hall–Kier alpha value is -1.84. The predicted octanol–water partition coefficient (Wildman–Crippen LogP) is 0.537. The minimum absolute atomic E-state index is 0.0289. The van der Waals surface area contributed by atoms with Crippen molar-refractivity contribution in [2.24, 2.45) is 0 Å². The molecule has 0 atom stereocenters. The summed E-state index contributed by atoms with van der Waals surface area (Å²) in [5.41, 5.74) is 5.58. The molecule has 2 rings (SSSR count). The molecule has 21 heavy (non-hydrogen) atoms. The molecule has 1 saturated heterocycles. The monoisotopic (exact) mass is 306 g/mol. The molecule has 2 heterocycles. The van der Waals surface area contributed by atoms with Crippen molar-refractivity contribution in [2.75, 3.05) is 50.0 Å². The Kier molecular flexibility index (Phi) is 4.66. The molecule has 0 aromatic carbocycles. The lowest BCUT2D eigenvalue weighted by Crippen LogP contribution is -2.49. The smallest absolute Gasteiger partial charge is 0.401 e. The number of nitrogens with two attached hydrogens (primary N) is 1. The molecule has 10 heteroatoms. The Balaban J connectivity index is 1.98. The summed E-state index contributed by atoms with van der Waals surface area (Å²) in [7, 11) is 0. The first kappa shape index (κ1) is 15.5. The van der Waals surface area contributed by atoms with Crippen LogP contribution >= 0.6 is 0 Å². The Labute approximate surface area is 119 Å². The third-order valence-corrected chi connectivity index (χ3v) is 2.95. The lowest BCUT2D eigenvalue weighted by Gasteiger charge is -2.34. The number of anilines is 2. The molecule has 0 amide bonds. The van der Waals surface area contributed by atoms with E-state index in [4.69, 9.17) is 10.5 Å². The average molecular weight is 306 g/mol. The lowest BCUT2D eigenvalue weighted by molar-refractivity contribution is -0.146. The maximum Gasteiger partial charge on any atom is 0.401 e. The van der Waals surface area contributed by atoms with Gasteiger partial charge < -0.3 is 15.4 Å². The van der Waals surface area contributed by atoms with Gasteiger partial charge in [-0.05, 0) is 6.92 Å². The summed E-state index contributed by atoms with van der Waals surface area (Å²) >= 11 is 0. The van der Waals surface area contributed by atoms with Crippen LogP contribution in [0.25, 0.3) is 0 Å². The summed E-state index contributed by atoms with van der Waals surface area (Å²) in [5, 5.41) is 0. The van der Waals surface area contributed by atoms with Gasteiger partial charge in [0.15, 0.2) is 0 Å². The maximum atomic E-state index is 12.3. The minimum atomic E-state index is -4.18. The van der Waals surface area contributed by atoms with Crippen LogP contribution in [0.1, 0.15) is 6.92 Å². The summed E-state index contributed by atoms with van der Waals surface area (Å²) in [6, 6.07) is 0.123. The van der Waals surface area contributed by atoms with Crippen LogP contribution in [0, 0.1) is 0 Å². The van der Waals surface area contributed by atoms with Gasteiger partial charge in [-0.15, -0.1) is 0 Å². The highest BCUT2D eigenvalue weighted by atomic mass is 19.4. The number of nitrogen functional groups attached to an aromatic ring is 1. The van der Waals surface area contributed by atoms with Crippen molar-refractivity contribution in [2.45, 2.75) is 13.1 Å². The van der Waals surface area contributed by atoms with E-state index >= 15 is 0 Å². The van der Waals surface area contributed by atoms with E-state index < -0.39 is 12.7 Å². The zero-order chi connectivity index (χ0) is 15.5. The van der Waals surface area contributed by atoms with Crippen LogP contribution in [-0.2, 0) is 0 Å². The second-order valence-electron chi connectivity index (χ2n) is 4.59. The van der Waals surface area contributed by atoms with Gasteiger partial charge in [0, 0.05) is 26.2 Å². The van der Waals surface area contributed by atoms with Crippen molar-refractivity contribution in [1.82, 2.24) is 19.9 Å². The molecule has 1 aromatic heterocycles. The summed E-state index contributed by atoms with van der Waals surface area (Å²) in [6.07, 6.45) is -4.18. The third-order valence-electron chi connectivity index (χ3n) is 2.95. The SMILES string of the molecule is CCOc1nc(N)nc(N2CCN(CC(F)(F)F)CC2)n1. The van der Waals surface area contributed by atoms with Gasteiger partial charge in [-0.3, -0.25) is 4.90 Å². The Bertz CT molecular complexity index is 476. The van der Waals surface area contributed by atoms with E-state index in [9.17, 15) is 13.2 Å². The molecule has 0 saturated carbocycles. The summed E-state index contributed by atoms with van der Waals surface area (Å²) in [5.74, 6) is 0.360. The second kappa shape index (κ2) is 6.29. The van der Waals surface area contributed by atoms with Crippen molar-refractivity contribution < 1.29 is 17.9 Å². The van der Waals surface area contributed by atoms with E-state index in [1.54, 1.807) is 11.8 Å². The number of hydrogen-bond acceptors (Lipinski definition) is 7. The number of ether oxygens (including phenoxy) is 1. The molecule has 1 aliphatic rings. The van der Waals surface area contributed by atoms with Gasteiger partial charge in [0.1, 0.15) is 0 Å². The molecule has 0 unspecified atom stereocenters. The van der Waals surface area contributed by atoms with Gasteiger partial charge >= 0.3 is 12.2 Å². The number of piperazine rings is 1. The number of halogens is 3. The topological polar surface area (TPSA) is 80.4 Å². The van der Waals surface area contributed by atoms with Crippen LogP contribution in [0.5, 0.6) is 6.01 Å². The molecule has 0 aliphatic carbocycles. The van der Waals surface area contributed by atoms with Gasteiger partial charge in [0.2, 0.25) is 11.9 Å². The Morgan fingerprint density at radius 3 is 2.38 bits per heavy atom. The summed E-state index contributed by atoms with van der Waals surface area (Å²) < 4.78 is 42.2. The quantitative estimate of drug-likeness (QED) is 0.869. The van der Waals surface area contributed by atoms with Crippen LogP contribution in [0.2, 0.25) is 0 Å². The third kappa shape index (κ3) is 4.59. The van der Waals surface area contributed by atoms with Gasteiger partial charge in [-0.1, -0.05) is 0 Å². The number of nitrogens with zero attached hydrogens (tertiary/aromatic N) is 5. The number of aromatic nitrogens is 3. The van der Waals surface area contributed by atoms with E-state index in [2.05, 4.69) is 15.0 Å². The zero-order valence-electron chi connectivity index (χ0n) is 11.6. The van der Waals surface area contributed by atoms with E-state index in [0.717, 1.165) is 0 Å². The largest absolute Gasteiger partial charge is 0.464 e. The molecule has 118 valence electrons. The average Bonchev–Trinajstić information content (AvgIpc) is 2.37. The van der Waals surface area contributed by atoms with Crippen molar-refractivity contribution in [3.05, 3.63) is 0 Å². The number of hydrogen-bond donors (Lipinski definition) is 1. The van der Waals surface area contributed by atoms with Crippen LogP contribution in [0.4, 0.5) is 25.1 Å². The van der Waals surface area contributed by atoms with Gasteiger partial charge in [-0.25, -0.2) is 0 Å².